The van der Waals surface area contributed by atoms with E-state index in [1.165, 1.54) is 24.2 Å². The SMILES string of the molecule is CCCCCCOC(=O)C1CCCN1C(=O)c1cccs1. The minimum atomic E-state index is -0.397. The summed E-state index contributed by atoms with van der Waals surface area (Å²) in [6, 6.07) is 3.26. The molecule has 0 saturated carbocycles. The van der Waals surface area contributed by atoms with E-state index in [0.717, 1.165) is 19.3 Å². The lowest BCUT2D eigenvalue weighted by atomic mass is 10.2. The third kappa shape index (κ3) is 4.30. The minimum Gasteiger partial charge on any atom is -0.464 e. The summed E-state index contributed by atoms with van der Waals surface area (Å²) in [5.41, 5.74) is 0. The van der Waals surface area contributed by atoms with Crippen LogP contribution < -0.4 is 0 Å². The highest BCUT2D eigenvalue weighted by molar-refractivity contribution is 7.12. The molecule has 0 radical (unpaired) electrons. The summed E-state index contributed by atoms with van der Waals surface area (Å²) in [7, 11) is 0. The average Bonchev–Trinajstić information content (AvgIpc) is 3.17. The summed E-state index contributed by atoms with van der Waals surface area (Å²) in [5, 5.41) is 1.88. The van der Waals surface area contributed by atoms with Crippen molar-refractivity contribution in [3.63, 3.8) is 0 Å². The van der Waals surface area contributed by atoms with E-state index in [9.17, 15) is 9.59 Å². The van der Waals surface area contributed by atoms with Crippen LogP contribution in [0.2, 0.25) is 0 Å². The number of amides is 1. The summed E-state index contributed by atoms with van der Waals surface area (Å²) < 4.78 is 5.34. The second-order valence-electron chi connectivity index (χ2n) is 5.36. The Morgan fingerprint density at radius 2 is 2.24 bits per heavy atom. The molecule has 1 atom stereocenters. The van der Waals surface area contributed by atoms with Crippen LogP contribution in [0.4, 0.5) is 0 Å². The first kappa shape index (κ1) is 16.0. The van der Waals surface area contributed by atoms with Gasteiger partial charge < -0.3 is 9.64 Å². The lowest BCUT2D eigenvalue weighted by Crippen LogP contribution is -2.41. The Balaban J connectivity index is 1.83. The van der Waals surface area contributed by atoms with Crippen LogP contribution in [-0.2, 0) is 9.53 Å². The highest BCUT2D eigenvalue weighted by Gasteiger charge is 2.35. The van der Waals surface area contributed by atoms with Crippen LogP contribution in [0.15, 0.2) is 17.5 Å². The number of unbranched alkanes of at least 4 members (excludes halogenated alkanes) is 3. The van der Waals surface area contributed by atoms with Crippen molar-refractivity contribution >= 4 is 23.2 Å². The lowest BCUT2D eigenvalue weighted by Gasteiger charge is -2.22. The van der Waals surface area contributed by atoms with Crippen molar-refractivity contribution in [2.45, 2.75) is 51.5 Å². The van der Waals surface area contributed by atoms with Crippen molar-refractivity contribution in [1.29, 1.82) is 0 Å². The van der Waals surface area contributed by atoms with Gasteiger partial charge in [-0.3, -0.25) is 4.79 Å². The number of carbonyl (C=O) groups excluding carboxylic acids is 2. The maximum Gasteiger partial charge on any atom is 0.328 e. The number of ether oxygens (including phenoxy) is 1. The fourth-order valence-electron chi connectivity index (χ4n) is 2.59. The molecule has 1 unspecified atom stereocenters. The van der Waals surface area contributed by atoms with Gasteiger partial charge >= 0.3 is 5.97 Å². The molecule has 2 rings (SSSR count). The van der Waals surface area contributed by atoms with Crippen LogP contribution in [-0.4, -0.2) is 36.0 Å². The molecule has 1 fully saturated rings. The van der Waals surface area contributed by atoms with E-state index in [1.807, 2.05) is 11.4 Å². The van der Waals surface area contributed by atoms with Crippen molar-refractivity contribution in [2.24, 2.45) is 0 Å². The normalized spacial score (nSPS) is 18.0. The Bertz CT molecular complexity index is 458. The van der Waals surface area contributed by atoms with Crippen LogP contribution in [0.25, 0.3) is 0 Å². The number of rotatable bonds is 7. The van der Waals surface area contributed by atoms with Crippen LogP contribution in [0.3, 0.4) is 0 Å². The van der Waals surface area contributed by atoms with Gasteiger partial charge in [0.2, 0.25) is 0 Å². The van der Waals surface area contributed by atoms with Crippen molar-refractivity contribution in [2.75, 3.05) is 13.2 Å². The first-order valence-electron chi connectivity index (χ1n) is 7.75. The fourth-order valence-corrected chi connectivity index (χ4v) is 3.27. The van der Waals surface area contributed by atoms with E-state index in [1.54, 1.807) is 11.0 Å². The zero-order valence-corrected chi connectivity index (χ0v) is 13.4. The Morgan fingerprint density at radius 1 is 1.38 bits per heavy atom. The zero-order chi connectivity index (χ0) is 15.1. The molecule has 0 aliphatic carbocycles. The van der Waals surface area contributed by atoms with Crippen molar-refractivity contribution in [3.8, 4) is 0 Å². The van der Waals surface area contributed by atoms with Gasteiger partial charge in [-0.1, -0.05) is 32.3 Å². The summed E-state index contributed by atoms with van der Waals surface area (Å²) in [5.74, 6) is -0.288. The molecular weight excluding hydrogens is 286 g/mol. The van der Waals surface area contributed by atoms with Gasteiger partial charge in [0.15, 0.2) is 0 Å². The van der Waals surface area contributed by atoms with Gasteiger partial charge in [0.1, 0.15) is 6.04 Å². The maximum atomic E-state index is 12.4. The van der Waals surface area contributed by atoms with Crippen molar-refractivity contribution in [1.82, 2.24) is 4.90 Å². The fraction of sp³-hybridized carbons (Fsp3) is 0.625. The summed E-state index contributed by atoms with van der Waals surface area (Å²) in [4.78, 5) is 26.9. The predicted molar refractivity (Wildman–Crippen MR) is 83.5 cm³/mol. The molecule has 1 aliphatic rings. The smallest absolute Gasteiger partial charge is 0.328 e. The van der Waals surface area contributed by atoms with Gasteiger partial charge in [0, 0.05) is 6.54 Å². The molecule has 0 spiro atoms. The van der Waals surface area contributed by atoms with E-state index in [0.29, 0.717) is 24.4 Å². The van der Waals surface area contributed by atoms with Crippen LogP contribution in [0.5, 0.6) is 0 Å². The number of esters is 1. The maximum absolute atomic E-state index is 12.4. The van der Waals surface area contributed by atoms with Gasteiger partial charge in [-0.2, -0.15) is 0 Å². The minimum absolute atomic E-state index is 0.0459. The predicted octanol–water partition coefficient (Wildman–Crippen LogP) is 3.48. The van der Waals surface area contributed by atoms with Gasteiger partial charge in [-0.15, -0.1) is 11.3 Å². The van der Waals surface area contributed by atoms with Gasteiger partial charge in [-0.25, -0.2) is 4.79 Å². The third-order valence-corrected chi connectivity index (χ3v) is 4.62. The Morgan fingerprint density at radius 3 is 2.95 bits per heavy atom. The highest BCUT2D eigenvalue weighted by Crippen LogP contribution is 2.23. The number of carbonyl (C=O) groups is 2. The summed E-state index contributed by atoms with van der Waals surface area (Å²) >= 11 is 1.42. The van der Waals surface area contributed by atoms with Crippen LogP contribution in [0, 0.1) is 0 Å². The summed E-state index contributed by atoms with van der Waals surface area (Å²) in [6.07, 6.45) is 5.92. The molecule has 1 aromatic rings. The third-order valence-electron chi connectivity index (χ3n) is 3.76. The molecule has 0 N–H and O–H groups in total. The molecule has 5 heteroatoms. The average molecular weight is 309 g/mol. The van der Waals surface area contributed by atoms with Crippen molar-refractivity contribution < 1.29 is 14.3 Å². The van der Waals surface area contributed by atoms with Crippen LogP contribution >= 0.6 is 11.3 Å². The second-order valence-corrected chi connectivity index (χ2v) is 6.31. The zero-order valence-electron chi connectivity index (χ0n) is 12.5. The van der Waals surface area contributed by atoms with E-state index in [2.05, 4.69) is 6.92 Å². The van der Waals surface area contributed by atoms with Gasteiger partial charge in [0.05, 0.1) is 11.5 Å². The van der Waals surface area contributed by atoms with Crippen LogP contribution in [0.1, 0.15) is 55.1 Å². The molecular formula is C16H23NO3S. The number of likely N-dealkylation sites (tertiary alicyclic amines) is 1. The second kappa shape index (κ2) is 8.17. The first-order chi connectivity index (χ1) is 10.2. The Hall–Kier alpha value is -1.36. The Labute approximate surface area is 130 Å². The Kier molecular flexibility index (Phi) is 6.23. The highest BCUT2D eigenvalue weighted by atomic mass is 32.1. The number of hydrogen-bond donors (Lipinski definition) is 0. The number of nitrogens with zero attached hydrogens (tertiary/aromatic N) is 1. The number of thiophene rings is 1. The largest absolute Gasteiger partial charge is 0.464 e. The van der Waals surface area contributed by atoms with Crippen molar-refractivity contribution in [3.05, 3.63) is 22.4 Å². The van der Waals surface area contributed by atoms with E-state index >= 15 is 0 Å². The molecule has 1 amide bonds. The van der Waals surface area contributed by atoms with E-state index < -0.39 is 6.04 Å². The van der Waals surface area contributed by atoms with Gasteiger partial charge in [0.25, 0.3) is 5.91 Å². The molecule has 0 aromatic carbocycles. The molecule has 1 aliphatic heterocycles. The molecule has 1 aromatic heterocycles. The molecule has 0 bridgehead atoms. The van der Waals surface area contributed by atoms with Gasteiger partial charge in [-0.05, 0) is 30.7 Å². The number of hydrogen-bond acceptors (Lipinski definition) is 4. The standard InChI is InChI=1S/C16H23NO3S/c1-2-3-4-5-11-20-16(19)13-8-6-10-17(13)15(18)14-9-7-12-21-14/h7,9,12-13H,2-6,8,10-11H2,1H3. The monoisotopic (exact) mass is 309 g/mol. The van der Waals surface area contributed by atoms with E-state index in [4.69, 9.17) is 4.74 Å². The first-order valence-corrected chi connectivity index (χ1v) is 8.63. The molecule has 1 saturated heterocycles. The quantitative estimate of drug-likeness (QED) is 0.572. The molecule has 4 nitrogen and oxygen atoms in total. The lowest BCUT2D eigenvalue weighted by molar-refractivity contribution is -0.148. The molecule has 21 heavy (non-hydrogen) atoms. The molecule has 116 valence electrons. The topological polar surface area (TPSA) is 46.6 Å². The van der Waals surface area contributed by atoms with E-state index in [-0.39, 0.29) is 11.9 Å². The summed E-state index contributed by atoms with van der Waals surface area (Å²) in [6.45, 7) is 3.27. The molecule has 2 heterocycles.